The van der Waals surface area contributed by atoms with Crippen LogP contribution in [-0.2, 0) is 4.79 Å². The van der Waals surface area contributed by atoms with Gasteiger partial charge in [0.15, 0.2) is 5.16 Å². The zero-order valence-electron chi connectivity index (χ0n) is 16.5. The second-order valence-electron chi connectivity index (χ2n) is 7.34. The molecule has 1 amide bonds. The molecule has 1 aromatic heterocycles. The van der Waals surface area contributed by atoms with Gasteiger partial charge in [0.2, 0.25) is 5.91 Å². The van der Waals surface area contributed by atoms with Crippen molar-refractivity contribution in [3.05, 3.63) is 34.6 Å². The summed E-state index contributed by atoms with van der Waals surface area (Å²) < 4.78 is 1.76. The summed E-state index contributed by atoms with van der Waals surface area (Å²) in [6.45, 7) is 7.70. The van der Waals surface area contributed by atoms with Crippen molar-refractivity contribution in [3.8, 4) is 0 Å². The third kappa shape index (κ3) is 4.37. The number of hydrogen-bond acceptors (Lipinski definition) is 4. The quantitative estimate of drug-likeness (QED) is 0.568. The molecule has 0 bridgehead atoms. The molecule has 0 aliphatic carbocycles. The molecule has 6 heteroatoms. The van der Waals surface area contributed by atoms with Gasteiger partial charge in [0.05, 0.1) is 16.2 Å². The summed E-state index contributed by atoms with van der Waals surface area (Å²) in [5.41, 5.74) is 0.672. The van der Waals surface area contributed by atoms with Gasteiger partial charge in [0, 0.05) is 19.1 Å². The van der Waals surface area contributed by atoms with Gasteiger partial charge in [-0.2, -0.15) is 0 Å². The largest absolute Gasteiger partial charge is 0.342 e. The maximum absolute atomic E-state index is 13.1. The van der Waals surface area contributed by atoms with Crippen molar-refractivity contribution in [2.75, 3.05) is 13.1 Å². The topological polar surface area (TPSA) is 55.2 Å². The smallest absolute Gasteiger partial charge is 0.262 e. The van der Waals surface area contributed by atoms with Crippen LogP contribution in [0.1, 0.15) is 58.9 Å². The van der Waals surface area contributed by atoms with E-state index in [0.29, 0.717) is 16.1 Å². The highest BCUT2D eigenvalue weighted by Gasteiger charge is 2.25. The first-order chi connectivity index (χ1) is 13.0. The van der Waals surface area contributed by atoms with Crippen molar-refractivity contribution in [2.24, 2.45) is 0 Å². The number of carbonyl (C=O) groups excluding carboxylic acids is 1. The van der Waals surface area contributed by atoms with Gasteiger partial charge in [-0.1, -0.05) is 43.7 Å². The van der Waals surface area contributed by atoms with Crippen LogP contribution in [0.3, 0.4) is 0 Å². The second kappa shape index (κ2) is 8.91. The van der Waals surface area contributed by atoms with E-state index in [-0.39, 0.29) is 22.8 Å². The summed E-state index contributed by atoms with van der Waals surface area (Å²) in [6.07, 6.45) is 5.39. The van der Waals surface area contributed by atoms with Crippen molar-refractivity contribution < 1.29 is 4.79 Å². The predicted molar refractivity (Wildman–Crippen MR) is 111 cm³/mol. The lowest BCUT2D eigenvalue weighted by Gasteiger charge is -2.25. The second-order valence-corrected chi connectivity index (χ2v) is 8.65. The van der Waals surface area contributed by atoms with Crippen LogP contribution in [0.4, 0.5) is 0 Å². The van der Waals surface area contributed by atoms with E-state index in [9.17, 15) is 9.59 Å². The molecule has 1 aromatic carbocycles. The number of carbonyl (C=O) groups is 1. The van der Waals surface area contributed by atoms with E-state index in [4.69, 9.17) is 4.98 Å². The third-order valence-electron chi connectivity index (χ3n) is 5.35. The summed E-state index contributed by atoms with van der Waals surface area (Å²) in [7, 11) is 0. The van der Waals surface area contributed by atoms with Gasteiger partial charge >= 0.3 is 0 Å². The molecule has 1 aliphatic heterocycles. The first-order valence-corrected chi connectivity index (χ1v) is 10.9. The van der Waals surface area contributed by atoms with Gasteiger partial charge in [0.25, 0.3) is 5.56 Å². The summed E-state index contributed by atoms with van der Waals surface area (Å²) in [4.78, 5) is 32.7. The van der Waals surface area contributed by atoms with Crippen molar-refractivity contribution in [1.82, 2.24) is 14.5 Å². The highest BCUT2D eigenvalue weighted by Crippen LogP contribution is 2.27. The minimum Gasteiger partial charge on any atom is -0.342 e. The number of amides is 1. The summed E-state index contributed by atoms with van der Waals surface area (Å²) >= 11 is 1.41. The number of rotatable bonds is 5. The standard InChI is InChI=1S/C21H29N3O2S/c1-4-15(2)24-20(26)17-11-7-8-12-18(17)22-21(24)27-16(3)19(25)23-13-9-5-6-10-14-23/h7-8,11-12,15-16H,4-6,9-10,13-14H2,1-3H3/t15-,16+/m0/s1. The Hall–Kier alpha value is -1.82. The average molecular weight is 388 g/mol. The van der Waals surface area contributed by atoms with Crippen molar-refractivity contribution >= 4 is 28.6 Å². The Labute approximate surface area is 165 Å². The molecule has 1 fully saturated rings. The van der Waals surface area contributed by atoms with E-state index in [1.807, 2.05) is 43.0 Å². The number of nitrogens with zero attached hydrogens (tertiary/aromatic N) is 3. The van der Waals surface area contributed by atoms with Gasteiger partial charge in [-0.25, -0.2) is 4.98 Å². The number of fused-ring (bicyclic) bond motifs is 1. The molecule has 1 aliphatic rings. The van der Waals surface area contributed by atoms with Crippen LogP contribution in [0.2, 0.25) is 0 Å². The highest BCUT2D eigenvalue weighted by atomic mass is 32.2. The highest BCUT2D eigenvalue weighted by molar-refractivity contribution is 8.00. The molecule has 0 radical (unpaired) electrons. The molecule has 0 spiro atoms. The molecule has 27 heavy (non-hydrogen) atoms. The summed E-state index contributed by atoms with van der Waals surface area (Å²) in [5.74, 6) is 0.153. The first kappa shape index (κ1) is 19.9. The molecule has 0 unspecified atom stereocenters. The van der Waals surface area contributed by atoms with E-state index in [2.05, 4.69) is 6.92 Å². The van der Waals surface area contributed by atoms with Crippen molar-refractivity contribution in [1.29, 1.82) is 0 Å². The van der Waals surface area contributed by atoms with Crippen molar-refractivity contribution in [2.45, 2.75) is 69.3 Å². The molecule has 0 saturated carbocycles. The molecular formula is C21H29N3O2S. The normalized spacial score (nSPS) is 17.5. The minimum atomic E-state index is -0.258. The summed E-state index contributed by atoms with van der Waals surface area (Å²) in [5, 5.41) is 1.02. The molecule has 5 nitrogen and oxygen atoms in total. The molecule has 2 heterocycles. The zero-order chi connectivity index (χ0) is 19.4. The van der Waals surface area contributed by atoms with E-state index >= 15 is 0 Å². The van der Waals surface area contributed by atoms with Crippen LogP contribution >= 0.6 is 11.8 Å². The third-order valence-corrected chi connectivity index (χ3v) is 6.41. The van der Waals surface area contributed by atoms with Crippen LogP contribution in [0, 0.1) is 0 Å². The van der Waals surface area contributed by atoms with Crippen LogP contribution in [0.5, 0.6) is 0 Å². The number of aromatic nitrogens is 2. The van der Waals surface area contributed by atoms with E-state index < -0.39 is 0 Å². The lowest BCUT2D eigenvalue weighted by Crippen LogP contribution is -2.37. The van der Waals surface area contributed by atoms with Gasteiger partial charge in [-0.05, 0) is 45.2 Å². The van der Waals surface area contributed by atoms with Gasteiger partial charge < -0.3 is 4.90 Å². The van der Waals surface area contributed by atoms with Gasteiger partial charge in [-0.3, -0.25) is 14.2 Å². The maximum Gasteiger partial charge on any atom is 0.262 e. The zero-order valence-corrected chi connectivity index (χ0v) is 17.3. The van der Waals surface area contributed by atoms with E-state index in [1.165, 1.54) is 24.6 Å². The van der Waals surface area contributed by atoms with Crippen LogP contribution in [0.25, 0.3) is 10.9 Å². The number of thioether (sulfide) groups is 1. The Kier molecular flexibility index (Phi) is 6.58. The summed E-state index contributed by atoms with van der Waals surface area (Å²) in [6, 6.07) is 7.48. The van der Waals surface area contributed by atoms with Gasteiger partial charge in [-0.15, -0.1) is 0 Å². The van der Waals surface area contributed by atoms with Crippen LogP contribution in [-0.4, -0.2) is 38.7 Å². The molecule has 146 valence electrons. The SMILES string of the molecule is CC[C@H](C)n1c(S[C@H](C)C(=O)N2CCCCCC2)nc2ccccc2c1=O. The number of benzene rings is 1. The van der Waals surface area contributed by atoms with Gasteiger partial charge in [0.1, 0.15) is 0 Å². The fourth-order valence-electron chi connectivity index (χ4n) is 3.54. The van der Waals surface area contributed by atoms with Crippen molar-refractivity contribution in [3.63, 3.8) is 0 Å². The predicted octanol–water partition coefficient (Wildman–Crippen LogP) is 4.25. The molecule has 2 aromatic rings. The maximum atomic E-state index is 13.1. The number of likely N-dealkylation sites (tertiary alicyclic amines) is 1. The lowest BCUT2D eigenvalue weighted by atomic mass is 10.2. The molecule has 1 saturated heterocycles. The fraction of sp³-hybridized carbons (Fsp3) is 0.571. The molecule has 3 rings (SSSR count). The Morgan fingerprint density at radius 3 is 2.48 bits per heavy atom. The van der Waals surface area contributed by atoms with Crippen LogP contribution < -0.4 is 5.56 Å². The molecule has 0 N–H and O–H groups in total. The van der Waals surface area contributed by atoms with Crippen LogP contribution in [0.15, 0.2) is 34.2 Å². The number of para-hydroxylation sites is 1. The monoisotopic (exact) mass is 387 g/mol. The Bertz CT molecular complexity index is 856. The first-order valence-electron chi connectivity index (χ1n) is 9.99. The Morgan fingerprint density at radius 1 is 1.15 bits per heavy atom. The Morgan fingerprint density at radius 2 is 1.81 bits per heavy atom. The molecule has 2 atom stereocenters. The van der Waals surface area contributed by atoms with E-state index in [1.54, 1.807) is 4.57 Å². The molecular weight excluding hydrogens is 358 g/mol. The lowest BCUT2D eigenvalue weighted by molar-refractivity contribution is -0.130. The average Bonchev–Trinajstić information content (AvgIpc) is 2.96. The number of hydrogen-bond donors (Lipinski definition) is 0. The minimum absolute atomic E-state index is 0.0214. The van der Waals surface area contributed by atoms with E-state index in [0.717, 1.165) is 32.4 Å². The Balaban J connectivity index is 1.92. The fourth-order valence-corrected chi connectivity index (χ4v) is 4.63.